The normalized spacial score (nSPS) is 13.5. The fourth-order valence-corrected chi connectivity index (χ4v) is 3.43. The summed E-state index contributed by atoms with van der Waals surface area (Å²) >= 11 is 0. The number of hydrogen-bond acceptors (Lipinski definition) is 4. The van der Waals surface area contributed by atoms with Crippen LogP contribution in [0.3, 0.4) is 0 Å². The molecule has 1 N–H and O–H groups in total. The van der Waals surface area contributed by atoms with Gasteiger partial charge >= 0.3 is 0 Å². The molecule has 1 aliphatic heterocycles. The largest absolute Gasteiger partial charge is 0.339 e. The summed E-state index contributed by atoms with van der Waals surface area (Å²) in [6.07, 6.45) is 5.10. The van der Waals surface area contributed by atoms with Gasteiger partial charge in [-0.25, -0.2) is 9.67 Å². The highest BCUT2D eigenvalue weighted by molar-refractivity contribution is 6.07. The first-order valence-corrected chi connectivity index (χ1v) is 9.29. The number of nitrogens with one attached hydrogen (secondary N) is 1. The molecule has 1 aliphatic rings. The van der Waals surface area contributed by atoms with E-state index >= 15 is 0 Å². The van der Waals surface area contributed by atoms with Gasteiger partial charge in [0, 0.05) is 24.3 Å². The van der Waals surface area contributed by atoms with Crippen molar-refractivity contribution in [2.75, 3.05) is 18.4 Å². The minimum atomic E-state index is -0.243. The molecule has 28 heavy (non-hydrogen) atoms. The summed E-state index contributed by atoms with van der Waals surface area (Å²) in [5.41, 5.74) is 3.31. The fourth-order valence-electron chi connectivity index (χ4n) is 3.43. The van der Waals surface area contributed by atoms with Crippen LogP contribution in [-0.4, -0.2) is 44.6 Å². The highest BCUT2D eigenvalue weighted by Gasteiger charge is 2.20. The van der Waals surface area contributed by atoms with Gasteiger partial charge in [-0.05, 0) is 55.7 Å². The van der Waals surface area contributed by atoms with Crippen molar-refractivity contribution in [3.63, 3.8) is 0 Å². The molecule has 0 atom stereocenters. The van der Waals surface area contributed by atoms with E-state index in [4.69, 9.17) is 0 Å². The topological polar surface area (TPSA) is 80.1 Å². The fraction of sp³-hybridized carbons (Fsp3) is 0.238. The minimum Gasteiger partial charge on any atom is -0.339 e. The molecule has 0 radical (unpaired) electrons. The van der Waals surface area contributed by atoms with E-state index in [-0.39, 0.29) is 11.8 Å². The summed E-state index contributed by atoms with van der Waals surface area (Å²) in [7, 11) is 0. The molecule has 1 fully saturated rings. The van der Waals surface area contributed by atoms with Gasteiger partial charge in [0.25, 0.3) is 11.8 Å². The second-order valence-electron chi connectivity index (χ2n) is 6.84. The lowest BCUT2D eigenvalue weighted by atomic mass is 10.1. The van der Waals surface area contributed by atoms with Gasteiger partial charge in [0.15, 0.2) is 0 Å². The van der Waals surface area contributed by atoms with Gasteiger partial charge in [-0.15, -0.1) is 0 Å². The number of benzene rings is 2. The third-order valence-corrected chi connectivity index (χ3v) is 4.93. The van der Waals surface area contributed by atoms with Gasteiger partial charge < -0.3 is 10.2 Å². The van der Waals surface area contributed by atoms with Crippen molar-refractivity contribution < 1.29 is 9.59 Å². The van der Waals surface area contributed by atoms with Gasteiger partial charge in [-0.2, -0.15) is 5.10 Å². The third kappa shape index (κ3) is 3.51. The Balaban J connectivity index is 1.55. The molecule has 0 aliphatic carbocycles. The number of rotatable bonds is 4. The quantitative estimate of drug-likeness (QED) is 0.760. The van der Waals surface area contributed by atoms with Gasteiger partial charge in [-0.1, -0.05) is 12.1 Å². The Morgan fingerprint density at radius 3 is 2.57 bits per heavy atom. The molecule has 142 valence electrons. The average molecular weight is 375 g/mol. The van der Waals surface area contributed by atoms with Crippen molar-refractivity contribution >= 4 is 17.5 Å². The molecule has 4 rings (SSSR count). The van der Waals surface area contributed by atoms with Gasteiger partial charge in [0.1, 0.15) is 12.7 Å². The van der Waals surface area contributed by atoms with Crippen molar-refractivity contribution in [3.8, 4) is 5.69 Å². The summed E-state index contributed by atoms with van der Waals surface area (Å²) in [4.78, 5) is 31.2. The lowest BCUT2D eigenvalue weighted by Crippen LogP contribution is -2.27. The number of amides is 2. The van der Waals surface area contributed by atoms with E-state index in [1.807, 2.05) is 30.0 Å². The molecule has 3 aromatic rings. The minimum absolute atomic E-state index is 0.0509. The van der Waals surface area contributed by atoms with Gasteiger partial charge in [0.05, 0.1) is 11.3 Å². The SMILES string of the molecule is Cc1cc(C(=O)N2CCCC2)ccc1NC(=O)c1ccccc1-n1cncn1. The van der Waals surface area contributed by atoms with Crippen LogP contribution in [0.4, 0.5) is 5.69 Å². The maximum atomic E-state index is 12.9. The number of aromatic nitrogens is 3. The molecule has 0 bridgehead atoms. The molecule has 7 heteroatoms. The van der Waals surface area contributed by atoms with Gasteiger partial charge in [0.2, 0.25) is 0 Å². The molecule has 2 aromatic carbocycles. The molecule has 7 nitrogen and oxygen atoms in total. The Labute approximate surface area is 163 Å². The second-order valence-corrected chi connectivity index (χ2v) is 6.84. The van der Waals surface area contributed by atoms with Gasteiger partial charge in [-0.3, -0.25) is 9.59 Å². The number of carbonyl (C=O) groups excluding carboxylic acids is 2. The maximum Gasteiger partial charge on any atom is 0.257 e. The predicted molar refractivity (Wildman–Crippen MR) is 106 cm³/mol. The molecule has 0 saturated carbocycles. The van der Waals surface area contributed by atoms with Crippen LogP contribution in [0.15, 0.2) is 55.1 Å². The molecule has 2 amide bonds. The second kappa shape index (κ2) is 7.64. The first kappa shape index (κ1) is 17.9. The lowest BCUT2D eigenvalue weighted by Gasteiger charge is -2.17. The zero-order valence-corrected chi connectivity index (χ0v) is 15.6. The van der Waals surface area contributed by atoms with Crippen LogP contribution in [0.1, 0.15) is 39.1 Å². The van der Waals surface area contributed by atoms with E-state index in [1.54, 1.807) is 35.3 Å². The number of nitrogens with zero attached hydrogens (tertiary/aromatic N) is 4. The predicted octanol–water partition coefficient (Wildman–Crippen LogP) is 3.06. The van der Waals surface area contributed by atoms with Crippen molar-refractivity contribution in [1.29, 1.82) is 0 Å². The molecule has 1 saturated heterocycles. The number of carbonyl (C=O) groups is 2. The Kier molecular flexibility index (Phi) is 4.89. The Hall–Kier alpha value is -3.48. The van der Waals surface area contributed by atoms with E-state index in [2.05, 4.69) is 15.4 Å². The summed E-state index contributed by atoms with van der Waals surface area (Å²) in [5.74, 6) is -0.192. The van der Waals surface area contributed by atoms with Crippen molar-refractivity contribution in [1.82, 2.24) is 19.7 Å². The van der Waals surface area contributed by atoms with E-state index in [0.717, 1.165) is 31.5 Å². The molecule has 0 spiro atoms. The Bertz CT molecular complexity index is 1010. The summed E-state index contributed by atoms with van der Waals surface area (Å²) in [6, 6.07) is 12.6. The Morgan fingerprint density at radius 2 is 1.86 bits per heavy atom. The summed E-state index contributed by atoms with van der Waals surface area (Å²) in [5, 5.41) is 7.05. The lowest BCUT2D eigenvalue weighted by molar-refractivity contribution is 0.0792. The highest BCUT2D eigenvalue weighted by atomic mass is 16.2. The maximum absolute atomic E-state index is 12.9. The molecule has 0 unspecified atom stereocenters. The number of para-hydroxylation sites is 1. The van der Waals surface area contributed by atoms with Crippen LogP contribution in [0.2, 0.25) is 0 Å². The molecular formula is C21H21N5O2. The van der Waals surface area contributed by atoms with Crippen molar-refractivity contribution in [3.05, 3.63) is 71.8 Å². The van der Waals surface area contributed by atoms with Crippen LogP contribution in [-0.2, 0) is 0 Å². The highest BCUT2D eigenvalue weighted by Crippen LogP contribution is 2.21. The smallest absolute Gasteiger partial charge is 0.257 e. The zero-order valence-electron chi connectivity index (χ0n) is 15.6. The average Bonchev–Trinajstić information content (AvgIpc) is 3.43. The van der Waals surface area contributed by atoms with E-state index in [0.29, 0.717) is 22.5 Å². The van der Waals surface area contributed by atoms with Crippen LogP contribution < -0.4 is 5.32 Å². The van der Waals surface area contributed by atoms with Crippen LogP contribution in [0.5, 0.6) is 0 Å². The zero-order chi connectivity index (χ0) is 19.5. The molecule has 2 heterocycles. The van der Waals surface area contributed by atoms with Crippen molar-refractivity contribution in [2.24, 2.45) is 0 Å². The number of aryl methyl sites for hydroxylation is 1. The van der Waals surface area contributed by atoms with Crippen molar-refractivity contribution in [2.45, 2.75) is 19.8 Å². The van der Waals surface area contributed by atoms with Crippen LogP contribution in [0.25, 0.3) is 5.69 Å². The number of anilines is 1. The van der Waals surface area contributed by atoms with Crippen LogP contribution in [0, 0.1) is 6.92 Å². The number of hydrogen-bond donors (Lipinski definition) is 1. The summed E-state index contributed by atoms with van der Waals surface area (Å²) in [6.45, 7) is 3.52. The Morgan fingerprint density at radius 1 is 1.07 bits per heavy atom. The monoisotopic (exact) mass is 375 g/mol. The van der Waals surface area contributed by atoms with E-state index < -0.39 is 0 Å². The number of likely N-dealkylation sites (tertiary alicyclic amines) is 1. The molecule has 1 aromatic heterocycles. The van der Waals surface area contributed by atoms with E-state index in [1.165, 1.54) is 6.33 Å². The first-order chi connectivity index (χ1) is 13.6. The molecular weight excluding hydrogens is 354 g/mol. The summed E-state index contributed by atoms with van der Waals surface area (Å²) < 4.78 is 1.56. The van der Waals surface area contributed by atoms with Crippen LogP contribution >= 0.6 is 0 Å². The first-order valence-electron chi connectivity index (χ1n) is 9.29. The standard InChI is InChI=1S/C21H21N5O2/c1-15-12-16(21(28)25-10-4-5-11-25)8-9-18(15)24-20(27)17-6-2-3-7-19(17)26-14-22-13-23-26/h2-3,6-9,12-14H,4-5,10-11H2,1H3,(H,24,27). The van der Waals surface area contributed by atoms with E-state index in [9.17, 15) is 9.59 Å². The third-order valence-electron chi connectivity index (χ3n) is 4.93.